The Hall–Kier alpha value is -1.71. The van der Waals surface area contributed by atoms with Gasteiger partial charge in [0, 0.05) is 5.56 Å². The molecule has 0 aliphatic carbocycles. The van der Waals surface area contributed by atoms with Crippen molar-refractivity contribution in [1.82, 2.24) is 0 Å². The van der Waals surface area contributed by atoms with Crippen LogP contribution in [0.3, 0.4) is 0 Å². The van der Waals surface area contributed by atoms with E-state index in [-0.39, 0.29) is 11.7 Å². The third kappa shape index (κ3) is 2.66. The van der Waals surface area contributed by atoms with Crippen LogP contribution in [0.2, 0.25) is 0 Å². The van der Waals surface area contributed by atoms with Crippen molar-refractivity contribution in [3.8, 4) is 11.5 Å². The van der Waals surface area contributed by atoms with Gasteiger partial charge >= 0.3 is 5.97 Å². The van der Waals surface area contributed by atoms with E-state index in [2.05, 4.69) is 0 Å². The quantitative estimate of drug-likeness (QED) is 0.795. The van der Waals surface area contributed by atoms with Crippen LogP contribution in [0, 0.1) is 0 Å². The Bertz CT molecular complexity index is 373. The van der Waals surface area contributed by atoms with Gasteiger partial charge in [0.1, 0.15) is 11.5 Å². The van der Waals surface area contributed by atoms with Crippen molar-refractivity contribution >= 4 is 5.97 Å². The Labute approximate surface area is 94.8 Å². The topological polar surface area (TPSA) is 55.8 Å². The average Bonchev–Trinajstić information content (AvgIpc) is 2.28. The highest BCUT2D eigenvalue weighted by atomic mass is 16.5. The van der Waals surface area contributed by atoms with Crippen LogP contribution in [0.4, 0.5) is 0 Å². The second-order valence-corrected chi connectivity index (χ2v) is 3.40. The first-order chi connectivity index (χ1) is 7.60. The Kier molecular flexibility index (Phi) is 4.17. The summed E-state index contributed by atoms with van der Waals surface area (Å²) in [5.41, 5.74) is 0.626. The second-order valence-electron chi connectivity index (χ2n) is 3.40. The van der Waals surface area contributed by atoms with E-state index in [4.69, 9.17) is 9.47 Å². The number of ether oxygens (including phenoxy) is 2. The van der Waals surface area contributed by atoms with Crippen molar-refractivity contribution in [1.29, 1.82) is 0 Å². The lowest BCUT2D eigenvalue weighted by molar-refractivity contribution is -0.144. The fourth-order valence-electron chi connectivity index (χ4n) is 1.45. The first kappa shape index (κ1) is 12.4. The lowest BCUT2D eigenvalue weighted by Gasteiger charge is -2.14. The smallest absolute Gasteiger partial charge is 0.313 e. The van der Waals surface area contributed by atoms with E-state index < -0.39 is 5.92 Å². The highest BCUT2D eigenvalue weighted by Crippen LogP contribution is 2.30. The molecule has 1 unspecified atom stereocenters. The minimum atomic E-state index is -0.456. The fourth-order valence-corrected chi connectivity index (χ4v) is 1.45. The average molecular weight is 224 g/mol. The molecule has 88 valence electrons. The molecule has 1 rings (SSSR count). The standard InChI is InChI=1S/C12H16O4/c1-4-16-12(14)8(2)10-7-9(13)5-6-11(10)15-3/h5-8,13H,4H2,1-3H3. The summed E-state index contributed by atoms with van der Waals surface area (Å²) in [7, 11) is 1.52. The highest BCUT2D eigenvalue weighted by Gasteiger charge is 2.20. The van der Waals surface area contributed by atoms with Gasteiger partial charge in [-0.3, -0.25) is 4.79 Å². The van der Waals surface area contributed by atoms with Gasteiger partial charge in [0.25, 0.3) is 0 Å². The minimum Gasteiger partial charge on any atom is -0.508 e. The van der Waals surface area contributed by atoms with Gasteiger partial charge in [-0.1, -0.05) is 0 Å². The first-order valence-corrected chi connectivity index (χ1v) is 5.13. The van der Waals surface area contributed by atoms with Crippen LogP contribution in [0.15, 0.2) is 18.2 Å². The van der Waals surface area contributed by atoms with Gasteiger partial charge in [-0.25, -0.2) is 0 Å². The van der Waals surface area contributed by atoms with Crippen LogP contribution < -0.4 is 4.74 Å². The van der Waals surface area contributed by atoms with E-state index in [9.17, 15) is 9.90 Å². The number of esters is 1. The zero-order valence-electron chi connectivity index (χ0n) is 9.69. The third-order valence-corrected chi connectivity index (χ3v) is 2.32. The molecule has 0 fully saturated rings. The first-order valence-electron chi connectivity index (χ1n) is 5.13. The van der Waals surface area contributed by atoms with Gasteiger partial charge in [-0.05, 0) is 32.0 Å². The van der Waals surface area contributed by atoms with E-state index >= 15 is 0 Å². The zero-order chi connectivity index (χ0) is 12.1. The normalized spacial score (nSPS) is 11.9. The lowest BCUT2D eigenvalue weighted by Crippen LogP contribution is -2.13. The molecule has 1 aromatic carbocycles. The summed E-state index contributed by atoms with van der Waals surface area (Å²) in [6.07, 6.45) is 0. The maximum absolute atomic E-state index is 11.6. The number of benzene rings is 1. The van der Waals surface area contributed by atoms with E-state index in [1.54, 1.807) is 19.9 Å². The molecular weight excluding hydrogens is 208 g/mol. The summed E-state index contributed by atoms with van der Waals surface area (Å²) in [5, 5.41) is 9.39. The third-order valence-electron chi connectivity index (χ3n) is 2.32. The number of hydrogen-bond acceptors (Lipinski definition) is 4. The molecule has 16 heavy (non-hydrogen) atoms. The maximum Gasteiger partial charge on any atom is 0.313 e. The largest absolute Gasteiger partial charge is 0.508 e. The molecule has 0 saturated carbocycles. The van der Waals surface area contributed by atoms with E-state index in [0.29, 0.717) is 17.9 Å². The molecule has 1 N–H and O–H groups in total. The Morgan fingerprint density at radius 2 is 2.19 bits per heavy atom. The second kappa shape index (κ2) is 5.39. The number of aromatic hydroxyl groups is 1. The minimum absolute atomic E-state index is 0.104. The number of methoxy groups -OCH3 is 1. The Balaban J connectivity index is 3.01. The summed E-state index contributed by atoms with van der Waals surface area (Å²) < 4.78 is 10.1. The molecule has 0 aromatic heterocycles. The number of phenols is 1. The molecule has 1 aromatic rings. The molecule has 4 nitrogen and oxygen atoms in total. The molecular formula is C12H16O4. The SMILES string of the molecule is CCOC(=O)C(C)c1cc(O)ccc1OC. The lowest BCUT2D eigenvalue weighted by atomic mass is 10.00. The van der Waals surface area contributed by atoms with Crippen LogP contribution in [0.1, 0.15) is 25.3 Å². The van der Waals surface area contributed by atoms with Crippen LogP contribution in [0.25, 0.3) is 0 Å². The van der Waals surface area contributed by atoms with Crippen molar-refractivity contribution in [3.05, 3.63) is 23.8 Å². The van der Waals surface area contributed by atoms with Gasteiger partial charge < -0.3 is 14.6 Å². The fraction of sp³-hybridized carbons (Fsp3) is 0.417. The van der Waals surface area contributed by atoms with Crippen molar-refractivity contribution in [2.75, 3.05) is 13.7 Å². The molecule has 0 saturated heterocycles. The molecule has 0 amide bonds. The van der Waals surface area contributed by atoms with Crippen molar-refractivity contribution < 1.29 is 19.4 Å². The summed E-state index contributed by atoms with van der Waals surface area (Å²) in [4.78, 5) is 11.6. The predicted molar refractivity (Wildman–Crippen MR) is 59.7 cm³/mol. The van der Waals surface area contributed by atoms with E-state index in [1.807, 2.05) is 0 Å². The Morgan fingerprint density at radius 3 is 2.75 bits per heavy atom. The van der Waals surface area contributed by atoms with Crippen LogP contribution in [0.5, 0.6) is 11.5 Å². The van der Waals surface area contributed by atoms with Gasteiger partial charge in [0.15, 0.2) is 0 Å². The molecule has 1 atom stereocenters. The highest BCUT2D eigenvalue weighted by molar-refractivity contribution is 5.78. The summed E-state index contributed by atoms with van der Waals surface area (Å²) in [6, 6.07) is 4.65. The summed E-state index contributed by atoms with van der Waals surface area (Å²) >= 11 is 0. The number of carbonyl (C=O) groups is 1. The van der Waals surface area contributed by atoms with Crippen LogP contribution in [-0.2, 0) is 9.53 Å². The molecule has 0 aliphatic heterocycles. The van der Waals surface area contributed by atoms with Crippen molar-refractivity contribution in [2.45, 2.75) is 19.8 Å². The maximum atomic E-state index is 11.6. The Morgan fingerprint density at radius 1 is 1.50 bits per heavy atom. The summed E-state index contributed by atoms with van der Waals surface area (Å²) in [5.74, 6) is -0.112. The molecule has 4 heteroatoms. The molecule has 0 spiro atoms. The van der Waals surface area contributed by atoms with E-state index in [1.165, 1.54) is 19.2 Å². The number of rotatable bonds is 4. The zero-order valence-corrected chi connectivity index (χ0v) is 9.69. The van der Waals surface area contributed by atoms with Crippen molar-refractivity contribution in [2.24, 2.45) is 0 Å². The number of phenolic OH excluding ortho intramolecular Hbond substituents is 1. The summed E-state index contributed by atoms with van der Waals surface area (Å²) in [6.45, 7) is 3.81. The van der Waals surface area contributed by atoms with Gasteiger partial charge in [0.2, 0.25) is 0 Å². The van der Waals surface area contributed by atoms with Gasteiger partial charge in [-0.15, -0.1) is 0 Å². The van der Waals surface area contributed by atoms with Crippen LogP contribution >= 0.6 is 0 Å². The number of carbonyl (C=O) groups excluding carboxylic acids is 1. The molecule has 0 heterocycles. The van der Waals surface area contributed by atoms with E-state index in [0.717, 1.165) is 0 Å². The predicted octanol–water partition coefficient (Wildman–Crippen LogP) is 2.07. The molecule has 0 bridgehead atoms. The molecule has 0 aliphatic rings. The van der Waals surface area contributed by atoms with Gasteiger partial charge in [-0.2, -0.15) is 0 Å². The monoisotopic (exact) mass is 224 g/mol. The molecule has 0 radical (unpaired) electrons. The van der Waals surface area contributed by atoms with Crippen LogP contribution in [-0.4, -0.2) is 24.8 Å². The number of hydrogen-bond donors (Lipinski definition) is 1. The van der Waals surface area contributed by atoms with Gasteiger partial charge in [0.05, 0.1) is 19.6 Å². The van der Waals surface area contributed by atoms with Crippen molar-refractivity contribution in [3.63, 3.8) is 0 Å².